The van der Waals surface area contributed by atoms with E-state index >= 15 is 0 Å². The molecule has 0 aromatic rings. The van der Waals surface area contributed by atoms with Crippen molar-refractivity contribution in [1.82, 2.24) is 5.32 Å². The van der Waals surface area contributed by atoms with Crippen molar-refractivity contribution in [2.45, 2.75) is 0 Å². The summed E-state index contributed by atoms with van der Waals surface area (Å²) >= 11 is 0. The predicted octanol–water partition coefficient (Wildman–Crippen LogP) is -0.821. The van der Waals surface area contributed by atoms with Crippen LogP contribution in [0.5, 0.6) is 0 Å². The zero-order valence-electron chi connectivity index (χ0n) is 4.42. The van der Waals surface area contributed by atoms with E-state index in [1.165, 1.54) is 0 Å². The van der Waals surface area contributed by atoms with Gasteiger partial charge in [0.15, 0.2) is 6.73 Å². The molecule has 0 saturated heterocycles. The first-order valence-corrected chi connectivity index (χ1v) is 2.00. The molecule has 0 aliphatic carbocycles. The highest BCUT2D eigenvalue weighted by molar-refractivity contribution is 5.66. The Kier molecular flexibility index (Phi) is 2.96. The summed E-state index contributed by atoms with van der Waals surface area (Å²) in [6.07, 6.45) is -2.56. The van der Waals surface area contributed by atoms with Crippen LogP contribution in [0.2, 0.25) is 0 Å². The summed E-state index contributed by atoms with van der Waals surface area (Å²) in [5, 5.41) is 11.2. The fourth-order valence-corrected chi connectivity index (χ4v) is 0.166. The van der Waals surface area contributed by atoms with E-state index in [4.69, 9.17) is 0 Å². The van der Waals surface area contributed by atoms with E-state index in [0.29, 0.717) is 0 Å². The molecule has 6 heteroatoms. The molecule has 51 valence electrons. The lowest BCUT2D eigenvalue weighted by Crippen LogP contribution is -2.27. The third-order valence-electron chi connectivity index (χ3n) is 0.431. The van der Waals surface area contributed by atoms with Crippen LogP contribution in [0.3, 0.4) is 0 Å². The lowest BCUT2D eigenvalue weighted by Gasteiger charge is -1.96. The zero-order chi connectivity index (χ0) is 7.28. The van der Waals surface area contributed by atoms with Gasteiger partial charge in [-0.2, -0.15) is 0 Å². The summed E-state index contributed by atoms with van der Waals surface area (Å²) in [6, 6.07) is 0. The van der Waals surface area contributed by atoms with Gasteiger partial charge in [0.1, 0.15) is 0 Å². The van der Waals surface area contributed by atoms with Crippen molar-refractivity contribution in [1.29, 1.82) is 0 Å². The third kappa shape index (κ3) is 6.54. The first-order chi connectivity index (χ1) is 4.13. The van der Waals surface area contributed by atoms with Crippen molar-refractivity contribution in [2.24, 2.45) is 5.73 Å². The van der Waals surface area contributed by atoms with Crippen LogP contribution in [0.25, 0.3) is 0 Å². The summed E-state index contributed by atoms with van der Waals surface area (Å²) in [5.41, 5.74) is 4.46. The quantitative estimate of drug-likeness (QED) is 0.481. The highest BCUT2D eigenvalue weighted by Gasteiger charge is 1.96. The first kappa shape index (κ1) is 7.54. The summed E-state index contributed by atoms with van der Waals surface area (Å²) in [5.74, 6) is 0. The highest BCUT2D eigenvalue weighted by atomic mass is 16.6. The van der Waals surface area contributed by atoms with Crippen molar-refractivity contribution in [2.75, 3.05) is 6.73 Å². The molecule has 0 unspecified atom stereocenters. The summed E-state index contributed by atoms with van der Waals surface area (Å²) in [6.45, 7) is -0.475. The summed E-state index contributed by atoms with van der Waals surface area (Å²) in [7, 11) is 0. The molecule has 0 aliphatic heterocycles. The Hall–Kier alpha value is -1.46. The molecule has 0 rings (SSSR count). The number of hydrogen-bond donors (Lipinski definition) is 2. The Morgan fingerprint density at radius 3 is 2.44 bits per heavy atom. The van der Waals surface area contributed by atoms with E-state index in [1.807, 2.05) is 0 Å². The smallest absolute Gasteiger partial charge is 0.428 e. The number of primary amides is 1. The van der Waals surface area contributed by atoms with Crippen LogP contribution in [0.15, 0.2) is 0 Å². The zero-order valence-corrected chi connectivity index (χ0v) is 4.42. The molecule has 9 heavy (non-hydrogen) atoms. The van der Waals surface area contributed by atoms with Crippen LogP contribution in [-0.4, -0.2) is 18.9 Å². The summed E-state index contributed by atoms with van der Waals surface area (Å²) in [4.78, 5) is 19.3. The molecule has 3 N–H and O–H groups in total. The fourth-order valence-electron chi connectivity index (χ4n) is 0.166. The monoisotopic (exact) mass is 133 g/mol. The second-order valence-electron chi connectivity index (χ2n) is 1.07. The van der Waals surface area contributed by atoms with Crippen LogP contribution in [0.4, 0.5) is 9.59 Å². The van der Waals surface area contributed by atoms with Gasteiger partial charge in [-0.05, 0) is 0 Å². The normalized spacial score (nSPS) is 8.00. The predicted molar refractivity (Wildman–Crippen MR) is 24.8 cm³/mol. The Morgan fingerprint density at radius 2 is 2.11 bits per heavy atom. The molecule has 0 aliphatic rings. The van der Waals surface area contributed by atoms with Crippen LogP contribution in [-0.2, 0) is 9.84 Å². The Labute approximate surface area is 50.6 Å². The third-order valence-corrected chi connectivity index (χ3v) is 0.431. The molecule has 0 aromatic heterocycles. The van der Waals surface area contributed by atoms with Gasteiger partial charge < -0.3 is 10.5 Å². The van der Waals surface area contributed by atoms with Crippen LogP contribution in [0.1, 0.15) is 0 Å². The minimum Gasteiger partial charge on any atom is -0.428 e. The number of rotatable bonds is 2. The minimum atomic E-state index is -1.52. The standard InChI is InChI=1S/C3H5N2O4/c4-2(6)9-1-5-3(7)8/h5H,1H2,(H2,4,6). The van der Waals surface area contributed by atoms with Crippen molar-refractivity contribution < 1.29 is 19.4 Å². The highest BCUT2D eigenvalue weighted by Crippen LogP contribution is 1.68. The number of amides is 2. The number of carbonyl (C=O) groups excluding carboxylic acids is 2. The lowest BCUT2D eigenvalue weighted by molar-refractivity contribution is 0.129. The molecular formula is C3H5N2O4. The fraction of sp³-hybridized carbons (Fsp3) is 0.333. The second-order valence-corrected chi connectivity index (χ2v) is 1.07. The molecule has 6 nitrogen and oxygen atoms in total. The number of ether oxygens (including phenoxy) is 1. The molecule has 0 spiro atoms. The average Bonchev–Trinajstić information content (AvgIpc) is 1.63. The topological polar surface area (TPSA) is 101 Å². The minimum absolute atomic E-state index is 0.475. The molecule has 0 aromatic carbocycles. The van der Waals surface area contributed by atoms with Crippen LogP contribution >= 0.6 is 0 Å². The molecule has 0 heterocycles. The Bertz CT molecular complexity index is 109. The van der Waals surface area contributed by atoms with Gasteiger partial charge in [0, 0.05) is 0 Å². The lowest BCUT2D eigenvalue weighted by atomic mass is 11.0. The van der Waals surface area contributed by atoms with Gasteiger partial charge in [0.2, 0.25) is 0 Å². The maximum absolute atomic E-state index is 9.73. The number of carbonyl (C=O) groups is 2. The maximum atomic E-state index is 9.73. The SMILES string of the molecule is NC(=O)OCNC([O])=O. The molecule has 2 amide bonds. The van der Waals surface area contributed by atoms with Gasteiger partial charge in [0.05, 0.1) is 0 Å². The van der Waals surface area contributed by atoms with E-state index in [0.717, 1.165) is 0 Å². The first-order valence-electron chi connectivity index (χ1n) is 2.00. The van der Waals surface area contributed by atoms with E-state index in [1.54, 1.807) is 5.32 Å². The van der Waals surface area contributed by atoms with Crippen molar-refractivity contribution in [3.05, 3.63) is 0 Å². The molecule has 0 fully saturated rings. The largest absolute Gasteiger partial charge is 0.453 e. The van der Waals surface area contributed by atoms with Gasteiger partial charge in [0.25, 0.3) is 0 Å². The molecule has 0 saturated carbocycles. The van der Waals surface area contributed by atoms with Gasteiger partial charge in [-0.3, -0.25) is 5.32 Å². The molecule has 1 radical (unpaired) electrons. The molecular weight excluding hydrogens is 128 g/mol. The van der Waals surface area contributed by atoms with E-state index in [9.17, 15) is 14.7 Å². The number of nitrogens with two attached hydrogens (primary N) is 1. The van der Waals surface area contributed by atoms with Crippen LogP contribution < -0.4 is 11.1 Å². The molecule has 0 atom stereocenters. The maximum Gasteiger partial charge on any atom is 0.453 e. The molecule has 0 bridgehead atoms. The second kappa shape index (κ2) is 3.53. The Balaban J connectivity index is 3.10. The summed E-state index contributed by atoms with van der Waals surface area (Å²) < 4.78 is 3.96. The van der Waals surface area contributed by atoms with Gasteiger partial charge in [-0.1, -0.05) is 0 Å². The van der Waals surface area contributed by atoms with Gasteiger partial charge in [-0.15, -0.1) is 0 Å². The van der Waals surface area contributed by atoms with E-state index in [2.05, 4.69) is 10.5 Å². The number of hydrogen-bond acceptors (Lipinski definition) is 3. The average molecular weight is 133 g/mol. The van der Waals surface area contributed by atoms with E-state index < -0.39 is 18.9 Å². The van der Waals surface area contributed by atoms with Crippen molar-refractivity contribution >= 4 is 12.2 Å². The van der Waals surface area contributed by atoms with Gasteiger partial charge in [-0.25, -0.2) is 14.7 Å². The number of nitrogens with one attached hydrogen (secondary N) is 1. The van der Waals surface area contributed by atoms with Crippen molar-refractivity contribution in [3.8, 4) is 0 Å². The Morgan fingerprint density at radius 1 is 1.56 bits per heavy atom. The van der Waals surface area contributed by atoms with Gasteiger partial charge >= 0.3 is 12.2 Å². The van der Waals surface area contributed by atoms with Crippen LogP contribution in [0, 0.1) is 0 Å². The van der Waals surface area contributed by atoms with E-state index in [-0.39, 0.29) is 0 Å². The van der Waals surface area contributed by atoms with Crippen molar-refractivity contribution in [3.63, 3.8) is 0 Å².